The standard InChI is InChI=1S/C20H23NO6/c1-4-5-10-27-15-8-6-13(7-9-15)19(22)21-16-11-14(20(23)24)12-17(25-2)18(16)26-3/h6-9,11-12H,4-5,10H2,1-3H3,(H,21,22)(H,23,24). The van der Waals surface area contributed by atoms with Crippen molar-refractivity contribution in [1.82, 2.24) is 0 Å². The molecule has 2 aromatic carbocycles. The van der Waals surface area contributed by atoms with Crippen molar-refractivity contribution in [1.29, 1.82) is 0 Å². The van der Waals surface area contributed by atoms with Gasteiger partial charge in [0.2, 0.25) is 0 Å². The molecule has 0 atom stereocenters. The van der Waals surface area contributed by atoms with Crippen LogP contribution in [0.2, 0.25) is 0 Å². The predicted octanol–water partition coefficient (Wildman–Crippen LogP) is 3.83. The SMILES string of the molecule is CCCCOc1ccc(C(=O)Nc2cc(C(=O)O)cc(OC)c2OC)cc1. The fraction of sp³-hybridized carbons (Fsp3) is 0.300. The van der Waals surface area contributed by atoms with Crippen molar-refractivity contribution in [3.05, 3.63) is 47.5 Å². The van der Waals surface area contributed by atoms with Crippen molar-refractivity contribution < 1.29 is 28.9 Å². The smallest absolute Gasteiger partial charge is 0.335 e. The summed E-state index contributed by atoms with van der Waals surface area (Å²) in [4.78, 5) is 23.8. The maximum atomic E-state index is 12.5. The number of carbonyl (C=O) groups is 2. The fourth-order valence-electron chi connectivity index (χ4n) is 2.41. The van der Waals surface area contributed by atoms with Crippen molar-refractivity contribution in [2.24, 2.45) is 0 Å². The van der Waals surface area contributed by atoms with E-state index in [9.17, 15) is 14.7 Å². The number of carbonyl (C=O) groups excluding carboxylic acids is 1. The average molecular weight is 373 g/mol. The number of carboxylic acid groups (broad SMARTS) is 1. The maximum absolute atomic E-state index is 12.5. The van der Waals surface area contributed by atoms with E-state index in [2.05, 4.69) is 12.2 Å². The van der Waals surface area contributed by atoms with Crippen molar-refractivity contribution in [2.45, 2.75) is 19.8 Å². The van der Waals surface area contributed by atoms with Gasteiger partial charge in [-0.25, -0.2) is 4.79 Å². The summed E-state index contributed by atoms with van der Waals surface area (Å²) in [6.45, 7) is 2.71. The van der Waals surface area contributed by atoms with Gasteiger partial charge in [0.05, 0.1) is 32.1 Å². The number of anilines is 1. The number of amides is 1. The minimum absolute atomic E-state index is 0.0253. The van der Waals surface area contributed by atoms with Crippen LogP contribution in [0.15, 0.2) is 36.4 Å². The number of nitrogens with one attached hydrogen (secondary N) is 1. The Bertz CT molecular complexity index is 801. The number of hydrogen-bond acceptors (Lipinski definition) is 5. The summed E-state index contributed by atoms with van der Waals surface area (Å²) in [5, 5.41) is 11.9. The van der Waals surface area contributed by atoms with Crippen LogP contribution in [0.5, 0.6) is 17.2 Å². The lowest BCUT2D eigenvalue weighted by molar-refractivity contribution is 0.0696. The van der Waals surface area contributed by atoms with Crippen LogP contribution in [0.25, 0.3) is 0 Å². The molecule has 0 aliphatic heterocycles. The first-order chi connectivity index (χ1) is 13.0. The molecule has 2 aromatic rings. The van der Waals surface area contributed by atoms with E-state index in [0.717, 1.165) is 12.8 Å². The second kappa shape index (κ2) is 9.47. The lowest BCUT2D eigenvalue weighted by atomic mass is 10.1. The molecule has 0 bridgehead atoms. The molecule has 0 heterocycles. The Morgan fingerprint density at radius 2 is 1.74 bits per heavy atom. The summed E-state index contributed by atoms with van der Waals surface area (Å²) in [5.41, 5.74) is 0.588. The Hall–Kier alpha value is -3.22. The van der Waals surface area contributed by atoms with E-state index >= 15 is 0 Å². The van der Waals surface area contributed by atoms with E-state index < -0.39 is 11.9 Å². The molecule has 2 N–H and O–H groups in total. The quantitative estimate of drug-likeness (QED) is 0.649. The van der Waals surface area contributed by atoms with Crippen LogP contribution >= 0.6 is 0 Å². The van der Waals surface area contributed by atoms with Gasteiger partial charge in [-0.2, -0.15) is 0 Å². The number of ether oxygens (including phenoxy) is 3. The van der Waals surface area contributed by atoms with E-state index in [1.54, 1.807) is 24.3 Å². The molecule has 0 unspecified atom stereocenters. The zero-order chi connectivity index (χ0) is 19.8. The Kier molecular flexibility index (Phi) is 7.05. The summed E-state index contributed by atoms with van der Waals surface area (Å²) in [5.74, 6) is -0.395. The van der Waals surface area contributed by atoms with E-state index in [4.69, 9.17) is 14.2 Å². The summed E-state index contributed by atoms with van der Waals surface area (Å²) in [7, 11) is 2.81. The van der Waals surface area contributed by atoms with Crippen LogP contribution in [-0.4, -0.2) is 37.8 Å². The molecule has 0 saturated heterocycles. The monoisotopic (exact) mass is 373 g/mol. The Labute approximate surface area is 157 Å². The topological polar surface area (TPSA) is 94.1 Å². The minimum Gasteiger partial charge on any atom is -0.494 e. The highest BCUT2D eigenvalue weighted by Gasteiger charge is 2.18. The Balaban J connectivity index is 2.21. The first kappa shape index (κ1) is 20.1. The second-order valence-electron chi connectivity index (χ2n) is 5.74. The predicted molar refractivity (Wildman–Crippen MR) is 101 cm³/mol. The second-order valence-corrected chi connectivity index (χ2v) is 5.74. The van der Waals surface area contributed by atoms with E-state index in [-0.39, 0.29) is 22.7 Å². The van der Waals surface area contributed by atoms with Gasteiger partial charge in [-0.15, -0.1) is 0 Å². The molecule has 0 fully saturated rings. The van der Waals surface area contributed by atoms with Gasteiger partial charge in [0.15, 0.2) is 11.5 Å². The fourth-order valence-corrected chi connectivity index (χ4v) is 2.41. The number of aromatic carboxylic acids is 1. The summed E-state index contributed by atoms with van der Waals surface area (Å²) in [6, 6.07) is 9.37. The van der Waals surface area contributed by atoms with Crippen LogP contribution in [0.3, 0.4) is 0 Å². The summed E-state index contributed by atoms with van der Waals surface area (Å²) >= 11 is 0. The van der Waals surface area contributed by atoms with Gasteiger partial charge in [0.25, 0.3) is 5.91 Å². The molecule has 0 spiro atoms. The number of rotatable bonds is 9. The summed E-state index contributed by atoms with van der Waals surface area (Å²) in [6.07, 6.45) is 2.00. The lowest BCUT2D eigenvalue weighted by Gasteiger charge is -2.15. The first-order valence-electron chi connectivity index (χ1n) is 8.53. The van der Waals surface area contributed by atoms with Gasteiger partial charge in [0.1, 0.15) is 5.75 Å². The zero-order valence-corrected chi connectivity index (χ0v) is 15.6. The van der Waals surface area contributed by atoms with Crippen LogP contribution < -0.4 is 19.5 Å². The number of hydrogen-bond donors (Lipinski definition) is 2. The van der Waals surface area contributed by atoms with Crippen LogP contribution in [-0.2, 0) is 0 Å². The molecule has 27 heavy (non-hydrogen) atoms. The van der Waals surface area contributed by atoms with Crippen molar-refractivity contribution in [3.8, 4) is 17.2 Å². The normalized spacial score (nSPS) is 10.2. The van der Waals surface area contributed by atoms with Gasteiger partial charge >= 0.3 is 5.97 Å². The Morgan fingerprint density at radius 1 is 1.04 bits per heavy atom. The highest BCUT2D eigenvalue weighted by atomic mass is 16.5. The van der Waals surface area contributed by atoms with Crippen LogP contribution in [0, 0.1) is 0 Å². The molecule has 0 aliphatic rings. The third-order valence-corrected chi connectivity index (χ3v) is 3.86. The molecule has 7 heteroatoms. The third kappa shape index (κ3) is 5.13. The van der Waals surface area contributed by atoms with Gasteiger partial charge in [0, 0.05) is 5.56 Å². The largest absolute Gasteiger partial charge is 0.494 e. The maximum Gasteiger partial charge on any atom is 0.335 e. The molecular weight excluding hydrogens is 350 g/mol. The van der Waals surface area contributed by atoms with Crippen molar-refractivity contribution in [2.75, 3.05) is 26.1 Å². The molecule has 0 saturated carbocycles. The minimum atomic E-state index is -1.14. The molecule has 144 valence electrons. The van der Waals surface area contributed by atoms with E-state index in [0.29, 0.717) is 17.9 Å². The van der Waals surface area contributed by atoms with Gasteiger partial charge in [-0.1, -0.05) is 13.3 Å². The average Bonchev–Trinajstić information content (AvgIpc) is 2.67. The molecule has 0 aromatic heterocycles. The third-order valence-electron chi connectivity index (χ3n) is 3.86. The molecule has 7 nitrogen and oxygen atoms in total. The molecular formula is C20H23NO6. The summed E-state index contributed by atoms with van der Waals surface area (Å²) < 4.78 is 16.0. The molecule has 1 amide bonds. The highest BCUT2D eigenvalue weighted by Crippen LogP contribution is 2.37. The van der Waals surface area contributed by atoms with Crippen molar-refractivity contribution >= 4 is 17.6 Å². The number of methoxy groups -OCH3 is 2. The lowest BCUT2D eigenvalue weighted by Crippen LogP contribution is -2.14. The molecule has 2 rings (SSSR count). The number of benzene rings is 2. The number of carboxylic acids is 1. The highest BCUT2D eigenvalue weighted by molar-refractivity contribution is 6.06. The first-order valence-corrected chi connectivity index (χ1v) is 8.53. The molecule has 0 radical (unpaired) electrons. The Morgan fingerprint density at radius 3 is 2.30 bits per heavy atom. The van der Waals surface area contributed by atoms with Gasteiger partial charge in [-0.3, -0.25) is 4.79 Å². The molecule has 0 aliphatic carbocycles. The van der Waals surface area contributed by atoms with Crippen LogP contribution in [0.1, 0.15) is 40.5 Å². The number of unbranched alkanes of at least 4 members (excludes halogenated alkanes) is 1. The zero-order valence-electron chi connectivity index (χ0n) is 15.6. The van der Waals surface area contributed by atoms with Crippen molar-refractivity contribution in [3.63, 3.8) is 0 Å². The van der Waals surface area contributed by atoms with Gasteiger partial charge < -0.3 is 24.6 Å². The van der Waals surface area contributed by atoms with E-state index in [1.165, 1.54) is 26.4 Å². The van der Waals surface area contributed by atoms with Gasteiger partial charge in [-0.05, 0) is 42.8 Å². The van der Waals surface area contributed by atoms with E-state index in [1.807, 2.05) is 0 Å². The van der Waals surface area contributed by atoms with Crippen LogP contribution in [0.4, 0.5) is 5.69 Å².